The van der Waals surface area contributed by atoms with Gasteiger partial charge in [0.15, 0.2) is 0 Å². The molecule has 7 nitrogen and oxygen atoms in total. The average molecular weight is 236 g/mol. The van der Waals surface area contributed by atoms with Gasteiger partial charge in [-0.15, -0.1) is 0 Å². The second kappa shape index (κ2) is 4.36. The molecule has 0 saturated heterocycles. The van der Waals surface area contributed by atoms with Crippen molar-refractivity contribution in [1.29, 1.82) is 0 Å². The van der Waals surface area contributed by atoms with Crippen molar-refractivity contribution < 1.29 is 14.7 Å². The van der Waals surface area contributed by atoms with E-state index in [9.17, 15) is 9.59 Å². The number of carbonyl (C=O) groups is 2. The smallest absolute Gasteiger partial charge is 0.321 e. The Morgan fingerprint density at radius 1 is 1.35 bits per heavy atom. The van der Waals surface area contributed by atoms with Crippen molar-refractivity contribution in [1.82, 2.24) is 15.3 Å². The first-order chi connectivity index (χ1) is 8.12. The Kier molecular flexibility index (Phi) is 2.90. The molecule has 0 spiro atoms. The molecule has 0 radical (unpaired) electrons. The number of carbonyl (C=O) groups excluding carboxylic acids is 1. The maximum absolute atomic E-state index is 11.4. The monoisotopic (exact) mass is 236 g/mol. The highest BCUT2D eigenvalue weighted by Crippen LogP contribution is 2.45. The minimum atomic E-state index is -0.867. The number of urea groups is 1. The molecule has 17 heavy (non-hydrogen) atoms. The topological polar surface area (TPSA) is 104 Å². The minimum absolute atomic E-state index is 0.126. The maximum atomic E-state index is 11.4. The summed E-state index contributed by atoms with van der Waals surface area (Å²) in [6.07, 6.45) is 4.21. The number of anilines is 1. The highest BCUT2D eigenvalue weighted by atomic mass is 16.4. The average Bonchev–Trinajstić information content (AvgIpc) is 3.09. The predicted octanol–water partition coefficient (Wildman–Crippen LogP) is 0.463. The number of hydrogen-bond donors (Lipinski definition) is 3. The van der Waals surface area contributed by atoms with E-state index in [2.05, 4.69) is 20.6 Å². The first-order valence-corrected chi connectivity index (χ1v) is 5.18. The van der Waals surface area contributed by atoms with E-state index in [0.717, 1.165) is 0 Å². The zero-order valence-electron chi connectivity index (χ0n) is 9.01. The van der Waals surface area contributed by atoms with Gasteiger partial charge in [0.1, 0.15) is 0 Å². The van der Waals surface area contributed by atoms with E-state index < -0.39 is 17.4 Å². The van der Waals surface area contributed by atoms with Crippen molar-refractivity contribution in [3.05, 3.63) is 18.5 Å². The fourth-order valence-corrected chi connectivity index (χ4v) is 1.38. The third kappa shape index (κ3) is 2.68. The van der Waals surface area contributed by atoms with Crippen LogP contribution in [0.5, 0.6) is 0 Å². The molecule has 2 amide bonds. The van der Waals surface area contributed by atoms with Gasteiger partial charge in [-0.25, -0.2) is 14.8 Å². The summed E-state index contributed by atoms with van der Waals surface area (Å²) in [5.41, 5.74) is -0.769. The quantitative estimate of drug-likeness (QED) is 0.704. The van der Waals surface area contributed by atoms with Crippen LogP contribution in [0.15, 0.2) is 18.5 Å². The van der Waals surface area contributed by atoms with Gasteiger partial charge in [-0.05, 0) is 18.9 Å². The number of hydrogen-bond acceptors (Lipinski definition) is 4. The van der Waals surface area contributed by atoms with Crippen LogP contribution in [-0.4, -0.2) is 33.6 Å². The van der Waals surface area contributed by atoms with Crippen LogP contribution in [0.4, 0.5) is 10.7 Å². The molecule has 1 fully saturated rings. The number of nitrogens with one attached hydrogen (secondary N) is 2. The number of carboxylic acid groups (broad SMARTS) is 1. The van der Waals surface area contributed by atoms with Gasteiger partial charge in [-0.3, -0.25) is 10.1 Å². The second-order valence-corrected chi connectivity index (χ2v) is 3.97. The fourth-order valence-electron chi connectivity index (χ4n) is 1.38. The summed E-state index contributed by atoms with van der Waals surface area (Å²) >= 11 is 0. The van der Waals surface area contributed by atoms with E-state index in [1.807, 2.05) is 0 Å². The number of rotatable bonds is 4. The summed E-state index contributed by atoms with van der Waals surface area (Å²) in [5.74, 6) is -0.682. The molecule has 1 aliphatic rings. The third-order valence-corrected chi connectivity index (χ3v) is 2.69. The lowest BCUT2D eigenvalue weighted by atomic mass is 10.1. The third-order valence-electron chi connectivity index (χ3n) is 2.69. The Morgan fingerprint density at radius 2 is 2.00 bits per heavy atom. The highest BCUT2D eigenvalue weighted by molar-refractivity contribution is 5.88. The Bertz CT molecular complexity index is 430. The summed E-state index contributed by atoms with van der Waals surface area (Å²) in [4.78, 5) is 29.9. The van der Waals surface area contributed by atoms with Crippen LogP contribution in [0.3, 0.4) is 0 Å². The van der Waals surface area contributed by atoms with Crippen LogP contribution < -0.4 is 10.6 Å². The minimum Gasteiger partial charge on any atom is -0.481 e. The Morgan fingerprint density at radius 3 is 2.53 bits per heavy atom. The maximum Gasteiger partial charge on any atom is 0.321 e. The van der Waals surface area contributed by atoms with E-state index in [0.29, 0.717) is 12.8 Å². The highest BCUT2D eigenvalue weighted by Gasteiger charge is 2.50. The van der Waals surface area contributed by atoms with Crippen LogP contribution in [0.25, 0.3) is 0 Å². The van der Waals surface area contributed by atoms with Crippen molar-refractivity contribution in [2.75, 3.05) is 11.9 Å². The largest absolute Gasteiger partial charge is 0.481 e. The molecule has 0 bridgehead atoms. The molecule has 2 rings (SSSR count). The first-order valence-electron chi connectivity index (χ1n) is 5.18. The number of amides is 2. The van der Waals surface area contributed by atoms with Gasteiger partial charge in [0.25, 0.3) is 0 Å². The zero-order valence-corrected chi connectivity index (χ0v) is 9.01. The molecule has 0 aliphatic heterocycles. The van der Waals surface area contributed by atoms with Gasteiger partial charge in [0.05, 0.1) is 5.41 Å². The summed E-state index contributed by atoms with van der Waals surface area (Å²) in [7, 11) is 0. The van der Waals surface area contributed by atoms with E-state index >= 15 is 0 Å². The van der Waals surface area contributed by atoms with Crippen LogP contribution in [0.1, 0.15) is 12.8 Å². The molecule has 1 aromatic rings. The van der Waals surface area contributed by atoms with Crippen LogP contribution in [-0.2, 0) is 4.79 Å². The molecule has 1 heterocycles. The van der Waals surface area contributed by atoms with Crippen LogP contribution in [0, 0.1) is 5.41 Å². The van der Waals surface area contributed by atoms with Gasteiger partial charge in [-0.1, -0.05) is 0 Å². The molecular weight excluding hydrogens is 224 g/mol. The summed E-state index contributed by atoms with van der Waals surface area (Å²) < 4.78 is 0. The van der Waals surface area contributed by atoms with Gasteiger partial charge < -0.3 is 10.4 Å². The molecule has 0 unspecified atom stereocenters. The molecule has 1 aliphatic carbocycles. The zero-order chi connectivity index (χ0) is 12.3. The van der Waals surface area contributed by atoms with E-state index in [1.54, 1.807) is 6.07 Å². The summed E-state index contributed by atoms with van der Waals surface area (Å²) in [5, 5.41) is 13.8. The second-order valence-electron chi connectivity index (χ2n) is 3.97. The molecule has 1 aromatic heterocycles. The predicted molar refractivity (Wildman–Crippen MR) is 58.4 cm³/mol. The molecule has 3 N–H and O–H groups in total. The van der Waals surface area contributed by atoms with Gasteiger partial charge in [0.2, 0.25) is 5.95 Å². The Labute approximate surface area is 97.3 Å². The van der Waals surface area contributed by atoms with E-state index in [1.165, 1.54) is 12.4 Å². The van der Waals surface area contributed by atoms with Crippen molar-refractivity contribution in [3.63, 3.8) is 0 Å². The van der Waals surface area contributed by atoms with Crippen molar-refractivity contribution in [2.24, 2.45) is 5.41 Å². The van der Waals surface area contributed by atoms with Gasteiger partial charge in [-0.2, -0.15) is 0 Å². The molecule has 90 valence electrons. The summed E-state index contributed by atoms with van der Waals surface area (Å²) in [6, 6.07) is 1.14. The van der Waals surface area contributed by atoms with Crippen molar-refractivity contribution in [2.45, 2.75) is 12.8 Å². The molecular formula is C10H12N4O3. The van der Waals surface area contributed by atoms with Crippen molar-refractivity contribution in [3.8, 4) is 0 Å². The van der Waals surface area contributed by atoms with Gasteiger partial charge in [0, 0.05) is 18.9 Å². The lowest BCUT2D eigenvalue weighted by Gasteiger charge is -2.11. The number of aromatic nitrogens is 2. The van der Waals surface area contributed by atoms with Crippen molar-refractivity contribution >= 4 is 17.9 Å². The van der Waals surface area contributed by atoms with Gasteiger partial charge >= 0.3 is 12.0 Å². The number of aliphatic carboxylic acids is 1. The Balaban J connectivity index is 1.81. The fraction of sp³-hybridized carbons (Fsp3) is 0.400. The lowest BCUT2D eigenvalue weighted by Crippen LogP contribution is -2.37. The number of nitrogens with zero attached hydrogens (tertiary/aromatic N) is 2. The SMILES string of the molecule is O=C(NCC1(C(=O)O)CC1)Nc1ncccn1. The normalized spacial score (nSPS) is 16.0. The molecule has 0 aromatic carbocycles. The first kappa shape index (κ1) is 11.3. The number of carboxylic acids is 1. The van der Waals surface area contributed by atoms with Crippen LogP contribution >= 0.6 is 0 Å². The van der Waals surface area contributed by atoms with E-state index in [4.69, 9.17) is 5.11 Å². The summed E-state index contributed by atoms with van der Waals surface area (Å²) in [6.45, 7) is 0.126. The molecule has 1 saturated carbocycles. The standard InChI is InChI=1S/C10H12N4O3/c15-7(16)10(2-3-10)6-13-9(17)14-8-11-4-1-5-12-8/h1,4-5H,2-3,6H2,(H,15,16)(H2,11,12,13,14,17). The molecule has 0 atom stereocenters. The Hall–Kier alpha value is -2.18. The molecule has 7 heteroatoms. The van der Waals surface area contributed by atoms with Crippen LogP contribution in [0.2, 0.25) is 0 Å². The van der Waals surface area contributed by atoms with E-state index in [-0.39, 0.29) is 12.5 Å². The lowest BCUT2D eigenvalue weighted by molar-refractivity contribution is -0.143.